The molecule has 1 rings (SSSR count). The fourth-order valence-corrected chi connectivity index (χ4v) is 2.03. The van der Waals surface area contributed by atoms with Gasteiger partial charge in [0.1, 0.15) is 11.4 Å². The number of hydrogen-bond donors (Lipinski definition) is 2. The van der Waals surface area contributed by atoms with Crippen molar-refractivity contribution in [1.29, 1.82) is 0 Å². The molecule has 0 saturated carbocycles. The Morgan fingerprint density at radius 1 is 1.43 bits per heavy atom. The van der Waals surface area contributed by atoms with Crippen LogP contribution in [0.4, 0.5) is 9.18 Å². The van der Waals surface area contributed by atoms with E-state index in [1.54, 1.807) is 26.0 Å². The number of carbonyl (C=O) groups excluding carboxylic acids is 1. The number of hydrogen-bond acceptors (Lipinski definition) is 2. The molecule has 0 heterocycles. The molecule has 0 radical (unpaired) electrons. The highest BCUT2D eigenvalue weighted by Gasteiger charge is 2.37. The third-order valence-electron chi connectivity index (χ3n) is 3.45. The first-order valence-electron chi connectivity index (χ1n) is 6.77. The number of amides is 2. The van der Waals surface area contributed by atoms with Crippen molar-refractivity contribution in [3.8, 4) is 0 Å². The van der Waals surface area contributed by atoms with E-state index in [2.05, 4.69) is 5.32 Å². The lowest BCUT2D eigenvalue weighted by atomic mass is 10.0. The quantitative estimate of drug-likeness (QED) is 0.877. The molecule has 2 amide bonds. The smallest absolute Gasteiger partial charge is 0.329 e. The summed E-state index contributed by atoms with van der Waals surface area (Å²) >= 11 is 0. The molecule has 1 unspecified atom stereocenters. The van der Waals surface area contributed by atoms with Crippen molar-refractivity contribution >= 4 is 12.0 Å². The van der Waals surface area contributed by atoms with Crippen molar-refractivity contribution in [2.75, 3.05) is 6.54 Å². The van der Waals surface area contributed by atoms with Crippen LogP contribution in [0, 0.1) is 5.82 Å². The fourth-order valence-electron chi connectivity index (χ4n) is 2.03. The minimum Gasteiger partial charge on any atom is -0.480 e. The summed E-state index contributed by atoms with van der Waals surface area (Å²) in [6.45, 7) is 6.60. The zero-order valence-electron chi connectivity index (χ0n) is 12.7. The van der Waals surface area contributed by atoms with Crippen molar-refractivity contribution in [1.82, 2.24) is 10.2 Å². The minimum atomic E-state index is -1.32. The predicted octanol–water partition coefficient (Wildman–Crippen LogP) is 2.78. The lowest BCUT2D eigenvalue weighted by Gasteiger charge is -2.35. The summed E-state index contributed by atoms with van der Waals surface area (Å²) in [6, 6.07) is 5.00. The first-order chi connectivity index (χ1) is 9.70. The second kappa shape index (κ2) is 6.56. The highest BCUT2D eigenvalue weighted by molar-refractivity contribution is 5.85. The molecule has 0 bridgehead atoms. The highest BCUT2D eigenvalue weighted by Crippen LogP contribution is 2.18. The van der Waals surface area contributed by atoms with Crippen LogP contribution in [0.2, 0.25) is 0 Å². The maximum atomic E-state index is 13.2. The molecule has 0 aliphatic heterocycles. The molecule has 1 aromatic carbocycles. The second-order valence-electron chi connectivity index (χ2n) is 5.33. The minimum absolute atomic E-state index is 0.251. The Hall–Kier alpha value is -2.11. The van der Waals surface area contributed by atoms with Gasteiger partial charge in [-0.25, -0.2) is 14.0 Å². The standard InChI is InChI=1S/C15H21FN2O3/c1-5-18(15(3,4)13(19)20)14(21)17-10(2)11-7-6-8-12(16)9-11/h6-10H,5H2,1-4H3,(H,17,21)(H,19,20). The van der Waals surface area contributed by atoms with Crippen molar-refractivity contribution < 1.29 is 19.1 Å². The summed E-state index contributed by atoms with van der Waals surface area (Å²) in [4.78, 5) is 24.7. The SMILES string of the molecule is CCN(C(=O)NC(C)c1cccc(F)c1)C(C)(C)C(=O)O. The van der Waals surface area contributed by atoms with Crippen LogP contribution in [0.5, 0.6) is 0 Å². The van der Waals surface area contributed by atoms with Gasteiger partial charge in [0, 0.05) is 6.54 Å². The normalized spacial score (nSPS) is 12.6. The van der Waals surface area contributed by atoms with Crippen LogP contribution in [0.15, 0.2) is 24.3 Å². The molecule has 0 spiro atoms. The Labute approximate surface area is 123 Å². The van der Waals surface area contributed by atoms with E-state index in [4.69, 9.17) is 0 Å². The zero-order valence-corrected chi connectivity index (χ0v) is 12.7. The Morgan fingerprint density at radius 3 is 2.52 bits per heavy atom. The second-order valence-corrected chi connectivity index (χ2v) is 5.33. The first-order valence-corrected chi connectivity index (χ1v) is 6.77. The maximum absolute atomic E-state index is 13.2. The monoisotopic (exact) mass is 296 g/mol. The molecular formula is C15H21FN2O3. The van der Waals surface area contributed by atoms with Gasteiger partial charge in [-0.05, 0) is 45.4 Å². The number of likely N-dealkylation sites (N-methyl/N-ethyl adjacent to an activating group) is 1. The molecule has 0 aromatic heterocycles. The Balaban J connectivity index is 2.86. The van der Waals surface area contributed by atoms with Gasteiger partial charge in [-0.1, -0.05) is 12.1 Å². The van der Waals surface area contributed by atoms with Gasteiger partial charge >= 0.3 is 12.0 Å². The van der Waals surface area contributed by atoms with Crippen molar-refractivity contribution in [2.24, 2.45) is 0 Å². The largest absolute Gasteiger partial charge is 0.480 e. The van der Waals surface area contributed by atoms with Crippen LogP contribution in [-0.4, -0.2) is 34.1 Å². The third-order valence-corrected chi connectivity index (χ3v) is 3.45. The summed E-state index contributed by atoms with van der Waals surface area (Å²) in [6.07, 6.45) is 0. The first kappa shape index (κ1) is 16.9. The molecule has 0 aliphatic carbocycles. The maximum Gasteiger partial charge on any atom is 0.329 e. The van der Waals surface area contributed by atoms with Crippen molar-refractivity contribution in [3.05, 3.63) is 35.6 Å². The van der Waals surface area contributed by atoms with Gasteiger partial charge in [0.05, 0.1) is 6.04 Å². The molecule has 116 valence electrons. The van der Waals surface area contributed by atoms with E-state index in [1.807, 2.05) is 0 Å². The van der Waals surface area contributed by atoms with Crippen LogP contribution in [0.3, 0.4) is 0 Å². The van der Waals surface area contributed by atoms with Crippen LogP contribution < -0.4 is 5.32 Å². The lowest BCUT2D eigenvalue weighted by Crippen LogP contribution is -2.56. The number of carboxylic acid groups (broad SMARTS) is 1. The molecular weight excluding hydrogens is 275 g/mol. The molecule has 0 fully saturated rings. The molecule has 21 heavy (non-hydrogen) atoms. The number of nitrogens with zero attached hydrogens (tertiary/aromatic N) is 1. The Kier molecular flexibility index (Phi) is 5.29. The molecule has 1 aromatic rings. The molecule has 1 atom stereocenters. The summed E-state index contributed by atoms with van der Waals surface area (Å²) in [5.74, 6) is -1.47. The van der Waals surface area contributed by atoms with Gasteiger partial charge in [0.25, 0.3) is 0 Å². The van der Waals surface area contributed by atoms with E-state index >= 15 is 0 Å². The number of rotatable bonds is 5. The van der Waals surface area contributed by atoms with E-state index in [1.165, 1.54) is 30.9 Å². The summed E-state index contributed by atoms with van der Waals surface area (Å²) in [5.41, 5.74) is -0.701. The summed E-state index contributed by atoms with van der Waals surface area (Å²) in [5, 5.41) is 11.9. The number of benzene rings is 1. The number of carbonyl (C=O) groups is 2. The summed E-state index contributed by atoms with van der Waals surface area (Å²) in [7, 11) is 0. The zero-order chi connectivity index (χ0) is 16.2. The fraction of sp³-hybridized carbons (Fsp3) is 0.467. The Morgan fingerprint density at radius 2 is 2.05 bits per heavy atom. The Bertz CT molecular complexity index is 531. The lowest BCUT2D eigenvalue weighted by molar-refractivity contribution is -0.147. The number of urea groups is 1. The molecule has 6 heteroatoms. The number of aliphatic carboxylic acids is 1. The van der Waals surface area contributed by atoms with E-state index < -0.39 is 23.6 Å². The van der Waals surface area contributed by atoms with E-state index in [9.17, 15) is 19.1 Å². The number of nitrogens with one attached hydrogen (secondary N) is 1. The van der Waals surface area contributed by atoms with E-state index in [0.717, 1.165) is 0 Å². The third kappa shape index (κ3) is 3.93. The average molecular weight is 296 g/mol. The number of halogens is 1. The van der Waals surface area contributed by atoms with Gasteiger partial charge in [0.15, 0.2) is 0 Å². The molecule has 2 N–H and O–H groups in total. The van der Waals surface area contributed by atoms with Gasteiger partial charge < -0.3 is 15.3 Å². The molecule has 0 aliphatic rings. The van der Waals surface area contributed by atoms with Gasteiger partial charge in [-0.2, -0.15) is 0 Å². The van der Waals surface area contributed by atoms with Crippen LogP contribution in [-0.2, 0) is 4.79 Å². The predicted molar refractivity (Wildman–Crippen MR) is 77.4 cm³/mol. The van der Waals surface area contributed by atoms with Crippen molar-refractivity contribution in [3.63, 3.8) is 0 Å². The van der Waals surface area contributed by atoms with Crippen LogP contribution in [0.1, 0.15) is 39.3 Å². The van der Waals surface area contributed by atoms with Gasteiger partial charge in [-0.3, -0.25) is 0 Å². The highest BCUT2D eigenvalue weighted by atomic mass is 19.1. The average Bonchev–Trinajstić information content (AvgIpc) is 2.38. The molecule has 0 saturated heterocycles. The van der Waals surface area contributed by atoms with E-state index in [0.29, 0.717) is 5.56 Å². The van der Waals surface area contributed by atoms with Crippen LogP contribution in [0.25, 0.3) is 0 Å². The summed E-state index contributed by atoms with van der Waals surface area (Å²) < 4.78 is 13.2. The topological polar surface area (TPSA) is 69.6 Å². The van der Waals surface area contributed by atoms with E-state index in [-0.39, 0.29) is 12.4 Å². The molecule has 5 nitrogen and oxygen atoms in total. The van der Waals surface area contributed by atoms with Crippen LogP contribution >= 0.6 is 0 Å². The van der Waals surface area contributed by atoms with Gasteiger partial charge in [0.2, 0.25) is 0 Å². The van der Waals surface area contributed by atoms with Gasteiger partial charge in [-0.15, -0.1) is 0 Å². The van der Waals surface area contributed by atoms with Crippen molar-refractivity contribution in [2.45, 2.75) is 39.3 Å². The number of carboxylic acids is 1.